The fourth-order valence-electron chi connectivity index (χ4n) is 2.71. The molecule has 1 saturated heterocycles. The molecule has 0 spiro atoms. The average Bonchev–Trinajstić information content (AvgIpc) is 2.52. The van der Waals surface area contributed by atoms with E-state index in [2.05, 4.69) is 11.9 Å². The van der Waals surface area contributed by atoms with E-state index in [0.29, 0.717) is 11.3 Å². The van der Waals surface area contributed by atoms with E-state index in [1.54, 1.807) is 29.2 Å². The third-order valence-electron chi connectivity index (χ3n) is 4.25. The van der Waals surface area contributed by atoms with Crippen LogP contribution < -0.4 is 4.74 Å². The highest BCUT2D eigenvalue weighted by molar-refractivity contribution is 5.96. The number of Topliss-reactive ketones (excluding diaryl/α,β-unsaturated/α-hetero) is 1. The first-order valence-electron chi connectivity index (χ1n) is 7.66. The highest BCUT2D eigenvalue weighted by Crippen LogP contribution is 2.19. The van der Waals surface area contributed by atoms with Crippen molar-refractivity contribution in [3.05, 3.63) is 29.8 Å². The van der Waals surface area contributed by atoms with E-state index in [1.807, 2.05) is 7.05 Å². The summed E-state index contributed by atoms with van der Waals surface area (Å²) in [4.78, 5) is 27.9. The van der Waals surface area contributed by atoms with Gasteiger partial charge in [0.15, 0.2) is 12.4 Å². The van der Waals surface area contributed by atoms with Crippen molar-refractivity contribution in [3.63, 3.8) is 0 Å². The van der Waals surface area contributed by atoms with Gasteiger partial charge in [-0.25, -0.2) is 0 Å². The molecule has 120 valence electrons. The minimum Gasteiger partial charge on any atom is -0.483 e. The number of hydrogen-bond acceptors (Lipinski definition) is 4. The quantitative estimate of drug-likeness (QED) is 0.779. The maximum Gasteiger partial charge on any atom is 0.260 e. The molecule has 1 amide bonds. The molecule has 0 N–H and O–H groups in total. The van der Waals surface area contributed by atoms with E-state index in [0.717, 1.165) is 25.9 Å². The molecular formula is C17H24N2O3. The number of nitrogens with zero attached hydrogens (tertiary/aromatic N) is 2. The van der Waals surface area contributed by atoms with Gasteiger partial charge >= 0.3 is 0 Å². The van der Waals surface area contributed by atoms with E-state index in [1.165, 1.54) is 6.92 Å². The van der Waals surface area contributed by atoms with Gasteiger partial charge in [-0.05, 0) is 52.0 Å². The summed E-state index contributed by atoms with van der Waals surface area (Å²) in [5.74, 6) is 0.361. The number of piperidine rings is 1. The van der Waals surface area contributed by atoms with Crippen LogP contribution in [-0.4, -0.2) is 61.3 Å². The van der Waals surface area contributed by atoms with Crippen LogP contribution in [0.15, 0.2) is 24.3 Å². The molecule has 5 nitrogen and oxygen atoms in total. The largest absolute Gasteiger partial charge is 0.483 e. The van der Waals surface area contributed by atoms with E-state index in [4.69, 9.17) is 4.74 Å². The summed E-state index contributed by atoms with van der Waals surface area (Å²) in [6.45, 7) is 3.48. The Labute approximate surface area is 131 Å². The lowest BCUT2D eigenvalue weighted by molar-refractivity contribution is -0.135. The van der Waals surface area contributed by atoms with Gasteiger partial charge in [-0.1, -0.05) is 12.1 Å². The van der Waals surface area contributed by atoms with E-state index < -0.39 is 0 Å². The van der Waals surface area contributed by atoms with Crippen LogP contribution in [0.2, 0.25) is 0 Å². The number of hydrogen-bond donors (Lipinski definition) is 0. The second-order valence-corrected chi connectivity index (χ2v) is 5.88. The molecule has 0 radical (unpaired) electrons. The number of ketones is 1. The summed E-state index contributed by atoms with van der Waals surface area (Å²) in [6, 6.07) is 7.29. The Morgan fingerprint density at radius 1 is 1.27 bits per heavy atom. The lowest BCUT2D eigenvalue weighted by Crippen LogP contribution is -2.45. The highest BCUT2D eigenvalue weighted by atomic mass is 16.5. The van der Waals surface area contributed by atoms with Gasteiger partial charge in [0, 0.05) is 13.1 Å². The van der Waals surface area contributed by atoms with E-state index >= 15 is 0 Å². The fraction of sp³-hybridized carbons (Fsp3) is 0.529. The Morgan fingerprint density at radius 2 is 1.91 bits per heavy atom. The van der Waals surface area contributed by atoms with Crippen LogP contribution in [0.1, 0.15) is 30.1 Å². The summed E-state index contributed by atoms with van der Waals surface area (Å²) in [5, 5.41) is 0. The Kier molecular flexibility index (Phi) is 5.55. The van der Waals surface area contributed by atoms with Crippen molar-refractivity contribution in [2.24, 2.45) is 0 Å². The topological polar surface area (TPSA) is 49.9 Å². The molecule has 22 heavy (non-hydrogen) atoms. The van der Waals surface area contributed by atoms with Gasteiger partial charge in [0.05, 0.1) is 5.56 Å². The van der Waals surface area contributed by atoms with Crippen molar-refractivity contribution in [1.82, 2.24) is 9.80 Å². The Bertz CT molecular complexity index is 536. The molecular weight excluding hydrogens is 280 g/mol. The predicted molar refractivity (Wildman–Crippen MR) is 85.2 cm³/mol. The number of likely N-dealkylation sites (N-methyl/N-ethyl adjacent to an activating group) is 1. The minimum atomic E-state index is -0.0632. The maximum absolute atomic E-state index is 12.3. The molecule has 1 aliphatic rings. The number of benzene rings is 1. The van der Waals surface area contributed by atoms with Gasteiger partial charge in [-0.15, -0.1) is 0 Å². The highest BCUT2D eigenvalue weighted by Gasteiger charge is 2.24. The first-order valence-corrected chi connectivity index (χ1v) is 7.66. The zero-order chi connectivity index (χ0) is 16.1. The zero-order valence-corrected chi connectivity index (χ0v) is 13.5. The molecule has 1 aliphatic heterocycles. The first kappa shape index (κ1) is 16.5. The minimum absolute atomic E-state index is 0.0346. The predicted octanol–water partition coefficient (Wildman–Crippen LogP) is 1.82. The second kappa shape index (κ2) is 7.40. The third kappa shape index (κ3) is 4.07. The monoisotopic (exact) mass is 304 g/mol. The van der Waals surface area contributed by atoms with Crippen LogP contribution >= 0.6 is 0 Å². The second-order valence-electron chi connectivity index (χ2n) is 5.88. The van der Waals surface area contributed by atoms with Crippen LogP contribution in [0.3, 0.4) is 0 Å². The first-order chi connectivity index (χ1) is 10.5. The molecule has 1 fully saturated rings. The molecule has 0 bridgehead atoms. The van der Waals surface area contributed by atoms with E-state index in [-0.39, 0.29) is 24.3 Å². The molecule has 0 unspecified atom stereocenters. The zero-order valence-electron chi connectivity index (χ0n) is 13.5. The molecule has 2 rings (SSSR count). The molecule has 1 aromatic carbocycles. The number of ether oxygens (including phenoxy) is 1. The normalized spacial score (nSPS) is 16.3. The summed E-state index contributed by atoms with van der Waals surface area (Å²) in [7, 11) is 3.93. The van der Waals surface area contributed by atoms with Crippen molar-refractivity contribution >= 4 is 11.7 Å². The van der Waals surface area contributed by atoms with Crippen molar-refractivity contribution < 1.29 is 14.3 Å². The molecule has 1 heterocycles. The van der Waals surface area contributed by atoms with Crippen molar-refractivity contribution in [3.8, 4) is 5.75 Å². The standard InChI is InChI=1S/C17H24N2O3/c1-13(20)15-6-4-5-7-16(15)22-12-17(21)19(3)14-8-10-18(2)11-9-14/h4-7,14H,8-12H2,1-3H3. The third-order valence-corrected chi connectivity index (χ3v) is 4.25. The maximum atomic E-state index is 12.3. The van der Waals surface area contributed by atoms with Gasteiger partial charge in [-0.2, -0.15) is 0 Å². The molecule has 0 aromatic heterocycles. The number of amides is 1. The van der Waals surface area contributed by atoms with Gasteiger partial charge in [0.1, 0.15) is 5.75 Å². The summed E-state index contributed by atoms with van der Waals surface area (Å²) >= 11 is 0. The van der Waals surface area contributed by atoms with E-state index in [9.17, 15) is 9.59 Å². The molecule has 0 saturated carbocycles. The smallest absolute Gasteiger partial charge is 0.260 e. The van der Waals surface area contributed by atoms with Crippen molar-refractivity contribution in [2.75, 3.05) is 33.8 Å². The SMILES string of the molecule is CC(=O)c1ccccc1OCC(=O)N(C)C1CCN(C)CC1. The lowest BCUT2D eigenvalue weighted by Gasteiger charge is -2.35. The van der Waals surface area contributed by atoms with Crippen LogP contribution in [0, 0.1) is 0 Å². The molecule has 1 aromatic rings. The summed E-state index contributed by atoms with van der Waals surface area (Å²) in [5.41, 5.74) is 0.511. The lowest BCUT2D eigenvalue weighted by atomic mass is 10.0. The Hall–Kier alpha value is -1.88. The molecule has 0 atom stereocenters. The molecule has 5 heteroatoms. The van der Waals surface area contributed by atoms with Crippen LogP contribution in [-0.2, 0) is 4.79 Å². The van der Waals surface area contributed by atoms with Crippen molar-refractivity contribution in [1.29, 1.82) is 0 Å². The average molecular weight is 304 g/mol. The number of carbonyl (C=O) groups excluding carboxylic acids is 2. The molecule has 0 aliphatic carbocycles. The fourth-order valence-corrected chi connectivity index (χ4v) is 2.71. The van der Waals surface area contributed by atoms with Gasteiger partial charge in [0.25, 0.3) is 5.91 Å². The van der Waals surface area contributed by atoms with Crippen molar-refractivity contribution in [2.45, 2.75) is 25.8 Å². The Balaban J connectivity index is 1.91. The van der Waals surface area contributed by atoms with Crippen LogP contribution in [0.25, 0.3) is 0 Å². The number of para-hydroxylation sites is 1. The number of carbonyl (C=O) groups is 2. The van der Waals surface area contributed by atoms with Gasteiger partial charge in [0.2, 0.25) is 0 Å². The number of likely N-dealkylation sites (tertiary alicyclic amines) is 1. The van der Waals surface area contributed by atoms with Gasteiger partial charge < -0.3 is 14.5 Å². The number of rotatable bonds is 5. The van der Waals surface area contributed by atoms with Crippen LogP contribution in [0.5, 0.6) is 5.75 Å². The van der Waals surface area contributed by atoms with Gasteiger partial charge in [-0.3, -0.25) is 9.59 Å². The summed E-state index contributed by atoms with van der Waals surface area (Å²) < 4.78 is 5.57. The Morgan fingerprint density at radius 3 is 2.55 bits per heavy atom. The summed E-state index contributed by atoms with van der Waals surface area (Å²) in [6.07, 6.45) is 1.98. The van der Waals surface area contributed by atoms with Crippen LogP contribution in [0.4, 0.5) is 0 Å².